The van der Waals surface area contributed by atoms with Crippen LogP contribution in [0, 0.1) is 0 Å². The third kappa shape index (κ3) is 5.07. The fourth-order valence-electron chi connectivity index (χ4n) is 2.49. The third-order valence-electron chi connectivity index (χ3n) is 3.63. The number of ether oxygens (including phenoxy) is 3. The molecule has 0 radical (unpaired) electrons. The summed E-state index contributed by atoms with van der Waals surface area (Å²) >= 11 is 1.41. The Balaban J connectivity index is 2.81. The van der Waals surface area contributed by atoms with Crippen LogP contribution in [0.25, 0.3) is 10.8 Å². The van der Waals surface area contributed by atoms with Gasteiger partial charge in [-0.25, -0.2) is 0 Å². The lowest BCUT2D eigenvalue weighted by Crippen LogP contribution is -2.12. The molecule has 0 amide bonds. The van der Waals surface area contributed by atoms with Crippen LogP contribution in [0.5, 0.6) is 17.2 Å². The predicted molar refractivity (Wildman–Crippen MR) is 109 cm³/mol. The highest BCUT2D eigenvalue weighted by Gasteiger charge is 2.22. The number of nitrogens with one attached hydrogen (secondary N) is 1. The Bertz CT molecular complexity index is 835. The van der Waals surface area contributed by atoms with E-state index in [1.807, 2.05) is 38.3 Å². The number of hydrogen-bond acceptors (Lipinski definition) is 7. The molecule has 2 aromatic rings. The Morgan fingerprint density at radius 2 is 1.74 bits per heavy atom. The smallest absolute Gasteiger partial charge is 0.311 e. The standard InChI is InChI=1S/C20H25NO5S/c1-6-17(22)25-16-11-15(24-12(3)4)13-9-8-10-14(21-27-5)19(13)20(16)26-18(23)7-2/h8-12,21H,6-7H2,1-5H3. The Morgan fingerprint density at radius 3 is 2.33 bits per heavy atom. The molecule has 0 atom stereocenters. The number of fused-ring (bicyclic) bond motifs is 1. The van der Waals surface area contributed by atoms with Crippen molar-refractivity contribution in [3.05, 3.63) is 24.3 Å². The van der Waals surface area contributed by atoms with Crippen molar-refractivity contribution in [3.8, 4) is 17.2 Å². The average Bonchev–Trinajstić information content (AvgIpc) is 2.64. The van der Waals surface area contributed by atoms with Crippen LogP contribution in [-0.2, 0) is 9.59 Å². The van der Waals surface area contributed by atoms with E-state index >= 15 is 0 Å². The number of benzene rings is 2. The lowest BCUT2D eigenvalue weighted by Gasteiger charge is -2.19. The van der Waals surface area contributed by atoms with Crippen molar-refractivity contribution in [2.24, 2.45) is 0 Å². The summed E-state index contributed by atoms with van der Waals surface area (Å²) in [5.41, 5.74) is 0.738. The first kappa shape index (κ1) is 20.9. The highest BCUT2D eigenvalue weighted by molar-refractivity contribution is 7.99. The van der Waals surface area contributed by atoms with Crippen molar-refractivity contribution in [2.75, 3.05) is 11.0 Å². The molecule has 0 aliphatic heterocycles. The maximum atomic E-state index is 12.0. The molecule has 0 bridgehead atoms. The van der Waals surface area contributed by atoms with Crippen molar-refractivity contribution in [2.45, 2.75) is 46.6 Å². The van der Waals surface area contributed by atoms with Crippen LogP contribution < -0.4 is 18.9 Å². The Hall–Kier alpha value is -2.41. The van der Waals surface area contributed by atoms with Crippen LogP contribution in [0.3, 0.4) is 0 Å². The summed E-state index contributed by atoms with van der Waals surface area (Å²) in [6.07, 6.45) is 2.21. The van der Waals surface area contributed by atoms with E-state index in [0.717, 1.165) is 11.1 Å². The summed E-state index contributed by atoms with van der Waals surface area (Å²) in [5, 5.41) is 1.39. The molecule has 0 saturated heterocycles. The Labute approximate surface area is 163 Å². The van der Waals surface area contributed by atoms with Crippen LogP contribution in [-0.4, -0.2) is 24.3 Å². The fraction of sp³-hybridized carbons (Fsp3) is 0.400. The summed E-state index contributed by atoms with van der Waals surface area (Å²) in [6.45, 7) is 7.24. The van der Waals surface area contributed by atoms with E-state index in [9.17, 15) is 9.59 Å². The molecule has 2 rings (SSSR count). The molecule has 1 N–H and O–H groups in total. The van der Waals surface area contributed by atoms with Crippen LogP contribution in [0.2, 0.25) is 0 Å². The number of esters is 2. The van der Waals surface area contributed by atoms with Gasteiger partial charge in [0.05, 0.1) is 17.2 Å². The molecular formula is C20H25NO5S. The van der Waals surface area contributed by atoms with Crippen LogP contribution >= 0.6 is 11.9 Å². The van der Waals surface area contributed by atoms with Crippen molar-refractivity contribution >= 4 is 40.3 Å². The van der Waals surface area contributed by atoms with Gasteiger partial charge in [0.1, 0.15) is 5.75 Å². The number of hydrogen-bond donors (Lipinski definition) is 1. The van der Waals surface area contributed by atoms with Gasteiger partial charge in [-0.2, -0.15) is 0 Å². The molecule has 27 heavy (non-hydrogen) atoms. The summed E-state index contributed by atoms with van der Waals surface area (Å²) < 4.78 is 20.2. The molecule has 146 valence electrons. The van der Waals surface area contributed by atoms with Gasteiger partial charge in [-0.1, -0.05) is 37.9 Å². The maximum absolute atomic E-state index is 12.0. The lowest BCUT2D eigenvalue weighted by molar-refractivity contribution is -0.136. The number of carbonyl (C=O) groups is 2. The quantitative estimate of drug-likeness (QED) is 0.388. The van der Waals surface area contributed by atoms with Gasteiger partial charge in [-0.3, -0.25) is 9.59 Å². The van der Waals surface area contributed by atoms with Gasteiger partial charge in [0, 0.05) is 30.6 Å². The highest BCUT2D eigenvalue weighted by Crippen LogP contribution is 2.46. The van der Waals surface area contributed by atoms with Gasteiger partial charge in [-0.05, 0) is 19.9 Å². The van der Waals surface area contributed by atoms with E-state index in [1.165, 1.54) is 11.9 Å². The largest absolute Gasteiger partial charge is 0.490 e. The van der Waals surface area contributed by atoms with Crippen molar-refractivity contribution in [1.29, 1.82) is 0 Å². The molecule has 0 heterocycles. The van der Waals surface area contributed by atoms with Crippen molar-refractivity contribution < 1.29 is 23.8 Å². The van der Waals surface area contributed by atoms with Crippen LogP contribution in [0.1, 0.15) is 40.5 Å². The zero-order valence-electron chi connectivity index (χ0n) is 16.3. The van der Waals surface area contributed by atoms with E-state index in [0.29, 0.717) is 11.1 Å². The van der Waals surface area contributed by atoms with Gasteiger partial charge < -0.3 is 18.9 Å². The van der Waals surface area contributed by atoms with Crippen molar-refractivity contribution in [3.63, 3.8) is 0 Å². The second-order valence-electron chi connectivity index (χ2n) is 6.06. The van der Waals surface area contributed by atoms with Gasteiger partial charge in [0.2, 0.25) is 0 Å². The van der Waals surface area contributed by atoms with E-state index in [-0.39, 0.29) is 30.4 Å². The van der Waals surface area contributed by atoms with Crippen molar-refractivity contribution in [1.82, 2.24) is 0 Å². The first-order valence-electron chi connectivity index (χ1n) is 8.87. The maximum Gasteiger partial charge on any atom is 0.311 e. The van der Waals surface area contributed by atoms with Gasteiger partial charge in [0.15, 0.2) is 11.5 Å². The highest BCUT2D eigenvalue weighted by atomic mass is 32.2. The normalized spacial score (nSPS) is 10.7. The fourth-order valence-corrected chi connectivity index (χ4v) is 2.88. The molecule has 2 aromatic carbocycles. The predicted octanol–water partition coefficient (Wildman–Crippen LogP) is 4.95. The van der Waals surface area contributed by atoms with Gasteiger partial charge in [-0.15, -0.1) is 0 Å². The molecule has 0 spiro atoms. The number of rotatable bonds is 8. The summed E-state index contributed by atoms with van der Waals surface area (Å²) in [4.78, 5) is 24.0. The molecule has 0 unspecified atom stereocenters. The molecule has 7 heteroatoms. The molecule has 6 nitrogen and oxygen atoms in total. The molecule has 0 saturated carbocycles. The molecule has 0 aliphatic rings. The molecule has 0 fully saturated rings. The minimum atomic E-state index is -0.422. The number of carbonyl (C=O) groups excluding carboxylic acids is 2. The first-order chi connectivity index (χ1) is 12.9. The van der Waals surface area contributed by atoms with E-state index in [4.69, 9.17) is 14.2 Å². The Morgan fingerprint density at radius 1 is 1.07 bits per heavy atom. The van der Waals surface area contributed by atoms with Crippen LogP contribution in [0.15, 0.2) is 24.3 Å². The average molecular weight is 391 g/mol. The van der Waals surface area contributed by atoms with E-state index < -0.39 is 11.9 Å². The third-order valence-corrected chi connectivity index (χ3v) is 4.06. The Kier molecular flexibility index (Phi) is 7.36. The minimum absolute atomic E-state index is 0.0795. The lowest BCUT2D eigenvalue weighted by atomic mass is 10.1. The number of anilines is 1. The summed E-state index contributed by atoms with van der Waals surface area (Å²) in [7, 11) is 0. The minimum Gasteiger partial charge on any atom is -0.490 e. The van der Waals surface area contributed by atoms with E-state index in [1.54, 1.807) is 19.9 Å². The van der Waals surface area contributed by atoms with Gasteiger partial charge in [0.25, 0.3) is 0 Å². The summed E-state index contributed by atoms with van der Waals surface area (Å²) in [6, 6.07) is 7.24. The van der Waals surface area contributed by atoms with Gasteiger partial charge >= 0.3 is 11.9 Å². The SMILES string of the molecule is CCC(=O)Oc1cc(OC(C)C)c2cccc(NSC)c2c1OC(=O)CC. The zero-order chi connectivity index (χ0) is 20.0. The first-order valence-corrected chi connectivity index (χ1v) is 10.1. The molecule has 0 aromatic heterocycles. The molecule has 0 aliphatic carbocycles. The zero-order valence-corrected chi connectivity index (χ0v) is 17.1. The summed E-state index contributed by atoms with van der Waals surface area (Å²) in [5.74, 6) is 0.101. The second kappa shape index (κ2) is 9.50. The second-order valence-corrected chi connectivity index (χ2v) is 6.67. The van der Waals surface area contributed by atoms with Crippen LogP contribution in [0.4, 0.5) is 5.69 Å². The molecular weight excluding hydrogens is 366 g/mol. The monoisotopic (exact) mass is 391 g/mol. The topological polar surface area (TPSA) is 73.9 Å². The van der Waals surface area contributed by atoms with E-state index in [2.05, 4.69) is 4.72 Å².